The van der Waals surface area contributed by atoms with Gasteiger partial charge >= 0.3 is 5.97 Å². The van der Waals surface area contributed by atoms with E-state index in [4.69, 9.17) is 11.6 Å². The van der Waals surface area contributed by atoms with Gasteiger partial charge in [-0.05, 0) is 43.4 Å². The summed E-state index contributed by atoms with van der Waals surface area (Å²) < 4.78 is 14.2. The van der Waals surface area contributed by atoms with Gasteiger partial charge in [0.25, 0.3) is 0 Å². The number of pyridine rings is 1. The number of hydrogen-bond acceptors (Lipinski definition) is 6. The number of aryl methyl sites for hydroxylation is 1. The SMILES string of the molecule is Cc1[nH]c(C(=O)C[C@@H]2CCN(c3nc(-c4ncccc4F)c(C(=O)O)s3)C[C@@H]2C)cc1Cl. The molecule has 4 rings (SSSR count). The largest absolute Gasteiger partial charge is 0.477 e. The number of Topliss-reactive ketones (excluding diaryl/α,β-unsaturated/α-hetero) is 1. The highest BCUT2D eigenvalue weighted by molar-refractivity contribution is 7.17. The molecule has 0 bridgehead atoms. The van der Waals surface area contributed by atoms with Crippen LogP contribution in [0.4, 0.5) is 9.52 Å². The fourth-order valence-corrected chi connectivity index (χ4v) is 5.11. The maximum Gasteiger partial charge on any atom is 0.348 e. The zero-order valence-electron chi connectivity index (χ0n) is 17.6. The number of nitrogens with one attached hydrogen (secondary N) is 1. The van der Waals surface area contributed by atoms with Gasteiger partial charge in [-0.1, -0.05) is 29.9 Å². The number of aromatic carboxylic acids is 1. The standard InChI is InChI=1S/C22H22ClFN4O3S/c1-11-10-28(7-5-13(11)8-17(29)16-9-14(23)12(2)26-16)22-27-19(20(32-22)21(30)31)18-15(24)4-3-6-25-18/h3-4,6,9,11,13,26H,5,7-8,10H2,1-2H3,(H,30,31)/t11-,13-/m0/s1. The van der Waals surface area contributed by atoms with Gasteiger partial charge in [0.15, 0.2) is 16.7 Å². The van der Waals surface area contributed by atoms with Gasteiger partial charge in [0.2, 0.25) is 0 Å². The third-order valence-corrected chi connectivity index (χ3v) is 7.34. The molecule has 2 atom stereocenters. The molecule has 1 aliphatic rings. The van der Waals surface area contributed by atoms with Crippen LogP contribution < -0.4 is 4.90 Å². The summed E-state index contributed by atoms with van der Waals surface area (Å²) in [6, 6.07) is 4.35. The van der Waals surface area contributed by atoms with E-state index in [1.165, 1.54) is 18.3 Å². The quantitative estimate of drug-likeness (QED) is 0.482. The number of aromatic nitrogens is 3. The van der Waals surface area contributed by atoms with Crippen molar-refractivity contribution in [3.8, 4) is 11.4 Å². The molecule has 32 heavy (non-hydrogen) atoms. The van der Waals surface area contributed by atoms with Crippen molar-refractivity contribution >= 4 is 39.8 Å². The molecule has 3 aromatic heterocycles. The maximum absolute atomic E-state index is 14.2. The molecule has 7 nitrogen and oxygen atoms in total. The Labute approximate surface area is 193 Å². The average Bonchev–Trinajstić information content (AvgIpc) is 3.34. The Bertz CT molecular complexity index is 1160. The zero-order chi connectivity index (χ0) is 23.0. The van der Waals surface area contributed by atoms with Crippen molar-refractivity contribution in [2.75, 3.05) is 18.0 Å². The number of halogens is 2. The van der Waals surface area contributed by atoms with Crippen molar-refractivity contribution in [3.63, 3.8) is 0 Å². The molecular formula is C22H22ClFN4O3S. The average molecular weight is 477 g/mol. The lowest BCUT2D eigenvalue weighted by atomic mass is 9.83. The number of anilines is 1. The van der Waals surface area contributed by atoms with Crippen molar-refractivity contribution < 1.29 is 19.1 Å². The summed E-state index contributed by atoms with van der Waals surface area (Å²) in [5.74, 6) is -1.38. The van der Waals surface area contributed by atoms with Gasteiger partial charge in [-0.3, -0.25) is 9.78 Å². The molecule has 0 aliphatic carbocycles. The number of piperidine rings is 1. The predicted octanol–water partition coefficient (Wildman–Crippen LogP) is 5.07. The topological polar surface area (TPSA) is 99.2 Å². The Balaban J connectivity index is 1.50. The maximum atomic E-state index is 14.2. The van der Waals surface area contributed by atoms with Gasteiger partial charge in [0, 0.05) is 31.4 Å². The fourth-order valence-electron chi connectivity index (χ4n) is 4.01. The highest BCUT2D eigenvalue weighted by Crippen LogP contribution is 2.37. The van der Waals surface area contributed by atoms with E-state index in [2.05, 4.69) is 21.9 Å². The Kier molecular flexibility index (Phi) is 6.30. The molecular weight excluding hydrogens is 455 g/mol. The Morgan fingerprint density at radius 3 is 2.81 bits per heavy atom. The molecule has 0 amide bonds. The number of nitrogens with zero attached hydrogens (tertiary/aromatic N) is 3. The van der Waals surface area contributed by atoms with Crippen molar-refractivity contribution in [2.24, 2.45) is 11.8 Å². The minimum absolute atomic E-state index is 0.0284. The zero-order valence-corrected chi connectivity index (χ0v) is 19.1. The van der Waals surface area contributed by atoms with Gasteiger partial charge in [-0.15, -0.1) is 0 Å². The van der Waals surface area contributed by atoms with E-state index in [-0.39, 0.29) is 33.9 Å². The van der Waals surface area contributed by atoms with Gasteiger partial charge < -0.3 is 15.0 Å². The summed E-state index contributed by atoms with van der Waals surface area (Å²) in [5.41, 5.74) is 1.27. The van der Waals surface area contributed by atoms with E-state index in [1.807, 2.05) is 11.8 Å². The molecule has 0 saturated carbocycles. The molecule has 0 spiro atoms. The second-order valence-corrected chi connectivity index (χ2v) is 9.45. The van der Waals surface area contributed by atoms with E-state index in [0.717, 1.165) is 23.5 Å². The summed E-state index contributed by atoms with van der Waals surface area (Å²) >= 11 is 7.08. The Morgan fingerprint density at radius 2 is 2.19 bits per heavy atom. The lowest BCUT2D eigenvalue weighted by Gasteiger charge is -2.36. The third kappa shape index (κ3) is 4.40. The van der Waals surface area contributed by atoms with E-state index in [1.54, 1.807) is 6.07 Å². The van der Waals surface area contributed by atoms with Gasteiger partial charge in [0.05, 0.1) is 10.7 Å². The Morgan fingerprint density at radius 1 is 1.41 bits per heavy atom. The van der Waals surface area contributed by atoms with E-state index < -0.39 is 11.8 Å². The smallest absolute Gasteiger partial charge is 0.348 e. The van der Waals surface area contributed by atoms with Gasteiger partial charge in [-0.25, -0.2) is 14.2 Å². The number of rotatable bonds is 6. The first-order valence-corrected chi connectivity index (χ1v) is 11.4. The van der Waals surface area contributed by atoms with E-state index in [0.29, 0.717) is 35.4 Å². The molecule has 0 aromatic carbocycles. The molecule has 0 unspecified atom stereocenters. The third-order valence-electron chi connectivity index (χ3n) is 5.85. The number of hydrogen-bond donors (Lipinski definition) is 2. The first-order chi connectivity index (χ1) is 15.2. The Hall–Kier alpha value is -2.78. The van der Waals surface area contributed by atoms with Crippen LogP contribution in [0.25, 0.3) is 11.4 Å². The number of H-pyrrole nitrogens is 1. The minimum atomic E-state index is -1.16. The lowest BCUT2D eigenvalue weighted by Crippen LogP contribution is -2.40. The van der Waals surface area contributed by atoms with Gasteiger partial charge in [0.1, 0.15) is 16.3 Å². The molecule has 10 heteroatoms. The summed E-state index contributed by atoms with van der Waals surface area (Å²) in [6.45, 7) is 5.15. The van der Waals surface area contributed by atoms with Crippen LogP contribution in [-0.2, 0) is 0 Å². The molecule has 1 fully saturated rings. The van der Waals surface area contributed by atoms with Gasteiger partial charge in [-0.2, -0.15) is 0 Å². The molecule has 4 heterocycles. The van der Waals surface area contributed by atoms with Crippen molar-refractivity contribution in [3.05, 3.63) is 51.5 Å². The molecule has 2 N–H and O–H groups in total. The van der Waals surface area contributed by atoms with Crippen LogP contribution in [0.5, 0.6) is 0 Å². The second kappa shape index (κ2) is 8.99. The number of carboxylic acids is 1. The molecule has 1 aliphatic heterocycles. The number of carbonyl (C=O) groups is 2. The normalized spacial score (nSPS) is 18.7. The summed E-state index contributed by atoms with van der Waals surface area (Å²) in [5, 5.41) is 10.7. The van der Waals surface area contributed by atoms with E-state index >= 15 is 0 Å². The van der Waals surface area contributed by atoms with Crippen molar-refractivity contribution in [1.29, 1.82) is 0 Å². The number of ketones is 1. The summed E-state index contributed by atoms with van der Waals surface area (Å²) in [4.78, 5) is 37.8. The molecule has 168 valence electrons. The van der Waals surface area contributed by atoms with Crippen LogP contribution in [0.3, 0.4) is 0 Å². The van der Waals surface area contributed by atoms with Crippen molar-refractivity contribution in [1.82, 2.24) is 15.0 Å². The first kappa shape index (κ1) is 22.4. The van der Waals surface area contributed by atoms with E-state index in [9.17, 15) is 19.1 Å². The van der Waals surface area contributed by atoms with Crippen LogP contribution in [0, 0.1) is 24.6 Å². The number of carbonyl (C=O) groups excluding carboxylic acids is 1. The highest BCUT2D eigenvalue weighted by atomic mass is 35.5. The molecule has 3 aromatic rings. The molecule has 1 saturated heterocycles. The summed E-state index contributed by atoms with van der Waals surface area (Å²) in [7, 11) is 0. The van der Waals surface area contributed by atoms with Crippen LogP contribution in [-0.4, -0.2) is 44.9 Å². The summed E-state index contributed by atoms with van der Waals surface area (Å²) in [6.07, 6.45) is 2.58. The minimum Gasteiger partial charge on any atom is -0.477 e. The van der Waals surface area contributed by atoms with Crippen molar-refractivity contribution in [2.45, 2.75) is 26.7 Å². The number of aromatic amines is 1. The monoisotopic (exact) mass is 476 g/mol. The van der Waals surface area contributed by atoms with Crippen LogP contribution >= 0.6 is 22.9 Å². The lowest BCUT2D eigenvalue weighted by molar-refractivity contribution is 0.0702. The fraction of sp³-hybridized carbons (Fsp3) is 0.364. The molecule has 0 radical (unpaired) electrons. The first-order valence-electron chi connectivity index (χ1n) is 10.2. The van der Waals surface area contributed by atoms with Crippen LogP contribution in [0.1, 0.15) is 45.6 Å². The highest BCUT2D eigenvalue weighted by Gasteiger charge is 2.31. The number of thiazole rings is 1. The van der Waals surface area contributed by atoms with Crippen LogP contribution in [0.15, 0.2) is 24.4 Å². The number of carboxylic acid groups (broad SMARTS) is 1. The second-order valence-electron chi connectivity index (χ2n) is 8.07. The van der Waals surface area contributed by atoms with Crippen LogP contribution in [0.2, 0.25) is 5.02 Å². The predicted molar refractivity (Wildman–Crippen MR) is 121 cm³/mol.